The first kappa shape index (κ1) is 15.9. The zero-order valence-corrected chi connectivity index (χ0v) is 12.6. The van der Waals surface area contributed by atoms with E-state index in [1.54, 1.807) is 18.2 Å². The third-order valence-corrected chi connectivity index (χ3v) is 3.15. The quantitative estimate of drug-likeness (QED) is 0.855. The van der Waals surface area contributed by atoms with Gasteiger partial charge in [-0.3, -0.25) is 9.59 Å². The van der Waals surface area contributed by atoms with E-state index >= 15 is 0 Å². The molecule has 1 aromatic rings. The van der Waals surface area contributed by atoms with Crippen LogP contribution in [0.25, 0.3) is 0 Å². The standard InChI is InChI=1S/C12H13BrClNO4/c1-19-5-4-15(7-11(16)17)12(18)9-3-2-8(13)6-10(9)14/h2-3,6H,4-5,7H2,1H3,(H,16,17). The lowest BCUT2D eigenvalue weighted by Crippen LogP contribution is -2.38. The Bertz CT molecular complexity index is 481. The molecule has 0 aliphatic heterocycles. The number of hydrogen-bond donors (Lipinski definition) is 1. The summed E-state index contributed by atoms with van der Waals surface area (Å²) < 4.78 is 5.61. The zero-order chi connectivity index (χ0) is 14.4. The van der Waals surface area contributed by atoms with Gasteiger partial charge in [-0.25, -0.2) is 0 Å². The molecule has 0 aliphatic rings. The number of rotatable bonds is 6. The third-order valence-electron chi connectivity index (χ3n) is 2.34. The van der Waals surface area contributed by atoms with Crippen LogP contribution in [0.3, 0.4) is 0 Å². The van der Waals surface area contributed by atoms with Crippen molar-refractivity contribution in [3.05, 3.63) is 33.3 Å². The molecule has 0 saturated carbocycles. The van der Waals surface area contributed by atoms with Gasteiger partial charge in [0, 0.05) is 18.1 Å². The largest absolute Gasteiger partial charge is 0.480 e. The molecule has 0 saturated heterocycles. The summed E-state index contributed by atoms with van der Waals surface area (Å²) in [6.45, 7) is 0.0514. The van der Waals surface area contributed by atoms with Crippen molar-refractivity contribution in [2.75, 3.05) is 26.8 Å². The molecule has 1 rings (SSSR count). The predicted molar refractivity (Wildman–Crippen MR) is 74.6 cm³/mol. The first-order valence-electron chi connectivity index (χ1n) is 5.40. The van der Waals surface area contributed by atoms with Crippen molar-refractivity contribution in [2.45, 2.75) is 0 Å². The van der Waals surface area contributed by atoms with Gasteiger partial charge in [-0.1, -0.05) is 27.5 Å². The Balaban J connectivity index is 2.93. The second-order valence-corrected chi connectivity index (χ2v) is 5.06. The van der Waals surface area contributed by atoms with Crippen LogP contribution in [0.15, 0.2) is 22.7 Å². The fourth-order valence-corrected chi connectivity index (χ4v) is 2.20. The lowest BCUT2D eigenvalue weighted by atomic mass is 10.2. The Morgan fingerprint density at radius 1 is 1.47 bits per heavy atom. The predicted octanol–water partition coefficient (Wildman–Crippen LogP) is 2.28. The van der Waals surface area contributed by atoms with Gasteiger partial charge in [0.2, 0.25) is 0 Å². The highest BCUT2D eigenvalue weighted by Crippen LogP contribution is 2.22. The average Bonchev–Trinajstić information content (AvgIpc) is 2.33. The van der Waals surface area contributed by atoms with Crippen LogP contribution in [0.4, 0.5) is 0 Å². The van der Waals surface area contributed by atoms with Crippen LogP contribution in [0.1, 0.15) is 10.4 Å². The van der Waals surface area contributed by atoms with Crippen LogP contribution < -0.4 is 0 Å². The lowest BCUT2D eigenvalue weighted by Gasteiger charge is -2.20. The van der Waals surface area contributed by atoms with E-state index in [-0.39, 0.29) is 23.7 Å². The normalized spacial score (nSPS) is 10.3. The minimum absolute atomic E-state index is 0.189. The molecule has 7 heteroatoms. The Labute approximate surface area is 124 Å². The number of hydrogen-bond acceptors (Lipinski definition) is 3. The number of carbonyl (C=O) groups excluding carboxylic acids is 1. The van der Waals surface area contributed by atoms with Gasteiger partial charge >= 0.3 is 5.97 Å². The summed E-state index contributed by atoms with van der Waals surface area (Å²) in [5, 5.41) is 9.09. The van der Waals surface area contributed by atoms with Gasteiger partial charge in [0.15, 0.2) is 0 Å². The fraction of sp³-hybridized carbons (Fsp3) is 0.333. The number of amides is 1. The molecular weight excluding hydrogens is 337 g/mol. The maximum atomic E-state index is 12.2. The number of ether oxygens (including phenoxy) is 1. The van der Waals surface area contributed by atoms with E-state index < -0.39 is 18.4 Å². The van der Waals surface area contributed by atoms with Crippen LogP contribution in [-0.2, 0) is 9.53 Å². The van der Waals surface area contributed by atoms with Crippen LogP contribution in [-0.4, -0.2) is 48.7 Å². The number of halogens is 2. The van der Waals surface area contributed by atoms with E-state index in [0.29, 0.717) is 0 Å². The molecule has 0 atom stereocenters. The summed E-state index contributed by atoms with van der Waals surface area (Å²) in [6, 6.07) is 4.81. The number of carbonyl (C=O) groups is 2. The molecule has 1 amide bonds. The monoisotopic (exact) mass is 349 g/mol. The number of carboxylic acid groups (broad SMARTS) is 1. The highest BCUT2D eigenvalue weighted by atomic mass is 79.9. The molecule has 0 bridgehead atoms. The SMILES string of the molecule is COCCN(CC(=O)O)C(=O)c1ccc(Br)cc1Cl. The highest BCUT2D eigenvalue weighted by Gasteiger charge is 2.20. The Morgan fingerprint density at radius 2 is 2.16 bits per heavy atom. The fourth-order valence-electron chi connectivity index (χ4n) is 1.45. The molecular formula is C12H13BrClNO4. The van der Waals surface area contributed by atoms with Crippen molar-refractivity contribution < 1.29 is 19.4 Å². The second kappa shape index (κ2) is 7.47. The van der Waals surface area contributed by atoms with E-state index in [9.17, 15) is 9.59 Å². The summed E-state index contributed by atoms with van der Waals surface area (Å²) in [4.78, 5) is 24.2. The highest BCUT2D eigenvalue weighted by molar-refractivity contribution is 9.10. The van der Waals surface area contributed by atoms with Crippen molar-refractivity contribution in [3.8, 4) is 0 Å². The molecule has 5 nitrogen and oxygen atoms in total. The van der Waals surface area contributed by atoms with Crippen molar-refractivity contribution in [2.24, 2.45) is 0 Å². The van der Waals surface area contributed by atoms with Gasteiger partial charge in [-0.2, -0.15) is 0 Å². The van der Waals surface area contributed by atoms with E-state index in [0.717, 1.165) is 4.47 Å². The lowest BCUT2D eigenvalue weighted by molar-refractivity contribution is -0.137. The second-order valence-electron chi connectivity index (χ2n) is 3.74. The molecule has 0 unspecified atom stereocenters. The summed E-state index contributed by atoms with van der Waals surface area (Å²) in [7, 11) is 1.48. The van der Waals surface area contributed by atoms with Gasteiger partial charge in [0.25, 0.3) is 5.91 Å². The molecule has 0 fully saturated rings. The average molecular weight is 351 g/mol. The van der Waals surface area contributed by atoms with E-state index in [1.165, 1.54) is 12.0 Å². The maximum Gasteiger partial charge on any atom is 0.323 e. The summed E-state index contributed by atoms with van der Waals surface area (Å²) in [6.07, 6.45) is 0. The van der Waals surface area contributed by atoms with Crippen molar-refractivity contribution in [1.29, 1.82) is 0 Å². The Morgan fingerprint density at radius 3 is 2.68 bits per heavy atom. The Hall–Kier alpha value is -1.11. The molecule has 1 N–H and O–H groups in total. The first-order chi connectivity index (χ1) is 8.95. The molecule has 0 aromatic heterocycles. The van der Waals surface area contributed by atoms with Gasteiger partial charge < -0.3 is 14.7 Å². The molecule has 0 aliphatic carbocycles. The minimum atomic E-state index is -1.09. The zero-order valence-electron chi connectivity index (χ0n) is 10.2. The minimum Gasteiger partial charge on any atom is -0.480 e. The van der Waals surface area contributed by atoms with Crippen LogP contribution in [0.5, 0.6) is 0 Å². The molecule has 19 heavy (non-hydrogen) atoms. The van der Waals surface area contributed by atoms with Crippen molar-refractivity contribution in [3.63, 3.8) is 0 Å². The number of methoxy groups -OCH3 is 1. The van der Waals surface area contributed by atoms with Crippen LogP contribution in [0.2, 0.25) is 5.02 Å². The molecule has 0 spiro atoms. The number of benzene rings is 1. The van der Waals surface area contributed by atoms with E-state index in [1.807, 2.05) is 0 Å². The van der Waals surface area contributed by atoms with E-state index in [2.05, 4.69) is 15.9 Å². The Kier molecular flexibility index (Phi) is 6.27. The first-order valence-corrected chi connectivity index (χ1v) is 6.58. The van der Waals surface area contributed by atoms with E-state index in [4.69, 9.17) is 21.4 Å². The van der Waals surface area contributed by atoms with Crippen molar-refractivity contribution in [1.82, 2.24) is 4.90 Å². The topological polar surface area (TPSA) is 66.8 Å². The van der Waals surface area contributed by atoms with Crippen LogP contribution in [0, 0.1) is 0 Å². The van der Waals surface area contributed by atoms with Gasteiger partial charge in [-0.15, -0.1) is 0 Å². The smallest absolute Gasteiger partial charge is 0.323 e. The van der Waals surface area contributed by atoms with Crippen LogP contribution >= 0.6 is 27.5 Å². The summed E-state index contributed by atoms with van der Waals surface area (Å²) in [5.74, 6) is -1.52. The maximum absolute atomic E-state index is 12.2. The molecule has 104 valence electrons. The molecule has 0 radical (unpaired) electrons. The number of aliphatic carboxylic acids is 1. The summed E-state index contributed by atoms with van der Waals surface area (Å²) in [5.41, 5.74) is 0.266. The van der Waals surface area contributed by atoms with Gasteiger partial charge in [0.1, 0.15) is 6.54 Å². The third kappa shape index (κ3) is 4.81. The van der Waals surface area contributed by atoms with Gasteiger partial charge in [0.05, 0.1) is 17.2 Å². The summed E-state index contributed by atoms with van der Waals surface area (Å²) >= 11 is 9.22. The van der Waals surface area contributed by atoms with Crippen molar-refractivity contribution >= 4 is 39.4 Å². The number of nitrogens with zero attached hydrogens (tertiary/aromatic N) is 1. The molecule has 1 aromatic carbocycles. The number of carboxylic acids is 1. The molecule has 0 heterocycles. The van der Waals surface area contributed by atoms with Gasteiger partial charge in [-0.05, 0) is 18.2 Å².